The quantitative estimate of drug-likeness (QED) is 0.842. The molecule has 3 heterocycles. The number of aliphatic hydroxyl groups is 1. The van der Waals surface area contributed by atoms with Crippen molar-refractivity contribution in [2.75, 3.05) is 32.8 Å². The summed E-state index contributed by atoms with van der Waals surface area (Å²) < 4.78 is 0. The fraction of sp³-hybridized carbons (Fsp3) is 0.750. The van der Waals surface area contributed by atoms with Gasteiger partial charge in [0, 0.05) is 56.7 Å². The molecule has 144 valence electrons. The standard InChI is InChI=1S/C20H32N4O2/c1-16(2)19-21-9-6-17(22-19)13-23-10-3-7-20(14-23)8-5-18(26)24(15-20)11-4-12-25/h6,9,16,25H,3-5,7-8,10-15H2,1-2H3. The molecule has 1 atom stereocenters. The second kappa shape index (κ2) is 8.44. The molecular weight excluding hydrogens is 328 g/mol. The van der Waals surface area contributed by atoms with Crippen LogP contribution >= 0.6 is 0 Å². The molecule has 2 aliphatic heterocycles. The number of likely N-dealkylation sites (tertiary alicyclic amines) is 2. The minimum Gasteiger partial charge on any atom is -0.396 e. The average Bonchev–Trinajstić information content (AvgIpc) is 2.63. The van der Waals surface area contributed by atoms with E-state index in [1.54, 1.807) is 0 Å². The van der Waals surface area contributed by atoms with Gasteiger partial charge in [-0.2, -0.15) is 0 Å². The number of rotatable bonds is 6. The number of hydrogen-bond donors (Lipinski definition) is 1. The van der Waals surface area contributed by atoms with Crippen molar-refractivity contribution in [2.45, 2.75) is 58.4 Å². The van der Waals surface area contributed by atoms with E-state index in [1.165, 1.54) is 12.8 Å². The van der Waals surface area contributed by atoms with Gasteiger partial charge in [-0.15, -0.1) is 0 Å². The maximum absolute atomic E-state index is 12.2. The Hall–Kier alpha value is -1.53. The number of hydrogen-bond acceptors (Lipinski definition) is 5. The average molecular weight is 361 g/mol. The normalized spacial score (nSPS) is 24.6. The highest BCUT2D eigenvalue weighted by atomic mass is 16.3. The molecule has 26 heavy (non-hydrogen) atoms. The maximum Gasteiger partial charge on any atom is 0.222 e. The SMILES string of the molecule is CC(C)c1nccc(CN2CCCC3(CCC(=O)N(CCCO)C3)C2)n1. The summed E-state index contributed by atoms with van der Waals surface area (Å²) in [4.78, 5) is 25.8. The van der Waals surface area contributed by atoms with Crippen molar-refractivity contribution < 1.29 is 9.90 Å². The van der Waals surface area contributed by atoms with Gasteiger partial charge >= 0.3 is 0 Å². The van der Waals surface area contributed by atoms with Crippen LogP contribution in [0.3, 0.4) is 0 Å². The number of aromatic nitrogens is 2. The van der Waals surface area contributed by atoms with Crippen molar-refractivity contribution in [1.29, 1.82) is 0 Å². The lowest BCUT2D eigenvalue weighted by Crippen LogP contribution is -2.54. The monoisotopic (exact) mass is 360 g/mol. The molecule has 2 aliphatic rings. The van der Waals surface area contributed by atoms with Gasteiger partial charge in [-0.05, 0) is 38.3 Å². The lowest BCUT2D eigenvalue weighted by atomic mass is 9.73. The number of nitrogens with zero attached hydrogens (tertiary/aromatic N) is 4. The number of amides is 1. The lowest BCUT2D eigenvalue weighted by molar-refractivity contribution is -0.139. The van der Waals surface area contributed by atoms with Crippen molar-refractivity contribution in [3.05, 3.63) is 23.8 Å². The Labute approximate surface area is 156 Å². The second-order valence-electron chi connectivity index (χ2n) is 8.27. The predicted octanol–water partition coefficient (Wildman–Crippen LogP) is 2.19. The van der Waals surface area contributed by atoms with Crippen LogP contribution in [0.15, 0.2) is 12.3 Å². The molecule has 3 rings (SSSR count). The fourth-order valence-electron chi connectivity index (χ4n) is 4.35. The summed E-state index contributed by atoms with van der Waals surface area (Å²) in [5.74, 6) is 1.50. The largest absolute Gasteiger partial charge is 0.396 e. The molecule has 6 nitrogen and oxygen atoms in total. The van der Waals surface area contributed by atoms with Gasteiger partial charge < -0.3 is 10.0 Å². The summed E-state index contributed by atoms with van der Waals surface area (Å²) in [5, 5.41) is 9.09. The van der Waals surface area contributed by atoms with Crippen LogP contribution in [0.4, 0.5) is 0 Å². The Morgan fingerprint density at radius 3 is 2.92 bits per heavy atom. The van der Waals surface area contributed by atoms with Gasteiger partial charge in [-0.3, -0.25) is 9.69 Å². The van der Waals surface area contributed by atoms with Crippen molar-refractivity contribution in [3.63, 3.8) is 0 Å². The number of piperidine rings is 2. The van der Waals surface area contributed by atoms with E-state index in [-0.39, 0.29) is 17.9 Å². The highest BCUT2D eigenvalue weighted by Gasteiger charge is 2.41. The van der Waals surface area contributed by atoms with Crippen LogP contribution in [-0.4, -0.2) is 63.6 Å². The molecule has 1 aromatic heterocycles. The Bertz CT molecular complexity index is 622. The number of aliphatic hydroxyl groups excluding tert-OH is 1. The predicted molar refractivity (Wildman–Crippen MR) is 101 cm³/mol. The molecule has 0 aliphatic carbocycles. The lowest BCUT2D eigenvalue weighted by Gasteiger charge is -2.48. The van der Waals surface area contributed by atoms with Crippen LogP contribution in [0.5, 0.6) is 0 Å². The van der Waals surface area contributed by atoms with E-state index in [1.807, 2.05) is 17.2 Å². The first kappa shape index (κ1) is 19.2. The molecule has 6 heteroatoms. The van der Waals surface area contributed by atoms with Crippen LogP contribution in [0, 0.1) is 5.41 Å². The van der Waals surface area contributed by atoms with Crippen LogP contribution < -0.4 is 0 Å². The van der Waals surface area contributed by atoms with Gasteiger partial charge in [0.2, 0.25) is 5.91 Å². The van der Waals surface area contributed by atoms with Crippen molar-refractivity contribution in [2.24, 2.45) is 5.41 Å². The summed E-state index contributed by atoms with van der Waals surface area (Å²) in [6.45, 7) is 8.88. The molecule has 1 N–H and O–H groups in total. The summed E-state index contributed by atoms with van der Waals surface area (Å²) in [5.41, 5.74) is 1.29. The Morgan fingerprint density at radius 2 is 2.15 bits per heavy atom. The molecule has 1 amide bonds. The molecule has 0 aromatic carbocycles. The third-order valence-electron chi connectivity index (χ3n) is 5.71. The molecular formula is C20H32N4O2. The van der Waals surface area contributed by atoms with Gasteiger partial charge in [0.1, 0.15) is 5.82 Å². The van der Waals surface area contributed by atoms with E-state index >= 15 is 0 Å². The van der Waals surface area contributed by atoms with Crippen LogP contribution in [0.1, 0.15) is 63.4 Å². The number of carbonyl (C=O) groups excluding carboxylic acids is 1. The third-order valence-corrected chi connectivity index (χ3v) is 5.71. The molecule has 1 unspecified atom stereocenters. The Kier molecular flexibility index (Phi) is 6.24. The summed E-state index contributed by atoms with van der Waals surface area (Å²) >= 11 is 0. The van der Waals surface area contributed by atoms with E-state index in [0.29, 0.717) is 25.3 Å². The van der Waals surface area contributed by atoms with Gasteiger partial charge in [0.15, 0.2) is 0 Å². The zero-order chi connectivity index (χ0) is 18.6. The smallest absolute Gasteiger partial charge is 0.222 e. The van der Waals surface area contributed by atoms with Gasteiger partial charge in [-0.1, -0.05) is 13.8 Å². The van der Waals surface area contributed by atoms with Crippen LogP contribution in [0.25, 0.3) is 0 Å². The van der Waals surface area contributed by atoms with Gasteiger partial charge in [0.25, 0.3) is 0 Å². The van der Waals surface area contributed by atoms with Crippen molar-refractivity contribution in [3.8, 4) is 0 Å². The summed E-state index contributed by atoms with van der Waals surface area (Å²) in [6, 6.07) is 2.02. The minimum atomic E-state index is 0.148. The first-order valence-corrected chi connectivity index (χ1v) is 9.94. The van der Waals surface area contributed by atoms with E-state index in [0.717, 1.165) is 44.1 Å². The van der Waals surface area contributed by atoms with Crippen LogP contribution in [-0.2, 0) is 11.3 Å². The van der Waals surface area contributed by atoms with Crippen molar-refractivity contribution >= 4 is 5.91 Å². The maximum atomic E-state index is 12.2. The molecule has 1 aromatic rings. The molecule has 0 bridgehead atoms. The summed E-state index contributed by atoms with van der Waals surface area (Å²) in [6.07, 6.45) is 6.53. The first-order chi connectivity index (χ1) is 12.5. The zero-order valence-corrected chi connectivity index (χ0v) is 16.2. The number of carbonyl (C=O) groups is 1. The molecule has 1 spiro atoms. The Balaban J connectivity index is 1.65. The van der Waals surface area contributed by atoms with E-state index in [4.69, 9.17) is 10.1 Å². The topological polar surface area (TPSA) is 69.6 Å². The third kappa shape index (κ3) is 4.60. The van der Waals surface area contributed by atoms with E-state index in [9.17, 15) is 4.79 Å². The zero-order valence-electron chi connectivity index (χ0n) is 16.2. The first-order valence-electron chi connectivity index (χ1n) is 9.94. The fourth-order valence-corrected chi connectivity index (χ4v) is 4.35. The highest BCUT2D eigenvalue weighted by Crippen LogP contribution is 2.39. The molecule has 2 saturated heterocycles. The van der Waals surface area contributed by atoms with Crippen molar-refractivity contribution in [1.82, 2.24) is 19.8 Å². The second-order valence-corrected chi connectivity index (χ2v) is 8.27. The highest BCUT2D eigenvalue weighted by molar-refractivity contribution is 5.77. The summed E-state index contributed by atoms with van der Waals surface area (Å²) in [7, 11) is 0. The Morgan fingerprint density at radius 1 is 1.31 bits per heavy atom. The molecule has 0 radical (unpaired) electrons. The van der Waals surface area contributed by atoms with E-state index < -0.39 is 0 Å². The van der Waals surface area contributed by atoms with Gasteiger partial charge in [0.05, 0.1) is 5.69 Å². The van der Waals surface area contributed by atoms with Crippen LogP contribution in [0.2, 0.25) is 0 Å². The molecule has 2 fully saturated rings. The minimum absolute atomic E-state index is 0.148. The van der Waals surface area contributed by atoms with Gasteiger partial charge in [-0.25, -0.2) is 9.97 Å². The molecule has 0 saturated carbocycles. The van der Waals surface area contributed by atoms with E-state index in [2.05, 4.69) is 23.7 Å².